The quantitative estimate of drug-likeness (QED) is 0.0476. The van der Waals surface area contributed by atoms with Gasteiger partial charge in [-0.15, -0.1) is 0 Å². The third kappa shape index (κ3) is 12.4. The van der Waals surface area contributed by atoms with Crippen molar-refractivity contribution in [1.82, 2.24) is 0 Å². The number of allylic oxidation sites excluding steroid dienone is 2. The molecular weight excluding hydrogens is 1030 g/mol. The number of rotatable bonds is 18. The van der Waals surface area contributed by atoms with Crippen LogP contribution in [-0.2, 0) is 62.0 Å². The van der Waals surface area contributed by atoms with Crippen molar-refractivity contribution in [2.75, 3.05) is 9.80 Å². The summed E-state index contributed by atoms with van der Waals surface area (Å²) in [6.45, 7) is 4.23. The molecule has 404 valence electrons. The normalized spacial score (nSPS) is 13.2. The molecule has 4 amide bonds. The van der Waals surface area contributed by atoms with Gasteiger partial charge in [0.2, 0.25) is 0 Å². The van der Waals surface area contributed by atoms with Gasteiger partial charge >= 0.3 is 11.9 Å². The minimum Gasteiger partial charge on any atom is -0.478 e. The van der Waals surface area contributed by atoms with Crippen molar-refractivity contribution in [2.24, 2.45) is 0 Å². The zero-order valence-electron chi connectivity index (χ0n) is 44.7. The number of carboxylic acid groups (broad SMARTS) is 2. The topological polar surface area (TPSA) is 183 Å². The maximum Gasteiger partial charge on any atom is 0.328 e. The van der Waals surface area contributed by atoms with Crippen molar-refractivity contribution < 1.29 is 48.6 Å². The second kappa shape index (κ2) is 24.5. The van der Waals surface area contributed by atoms with Crippen LogP contribution in [0.3, 0.4) is 0 Å². The lowest BCUT2D eigenvalue weighted by Gasteiger charge is -2.33. The van der Waals surface area contributed by atoms with Crippen LogP contribution in [0.25, 0.3) is 22.3 Å². The van der Waals surface area contributed by atoms with E-state index in [0.29, 0.717) is 11.4 Å². The predicted octanol–water partition coefficient (Wildman–Crippen LogP) is 11.8. The van der Waals surface area contributed by atoms with Gasteiger partial charge in [-0.05, 0) is 117 Å². The molecular formula is C70H54N2O10. The molecule has 0 spiro atoms. The van der Waals surface area contributed by atoms with E-state index in [1.54, 1.807) is 24.3 Å². The summed E-state index contributed by atoms with van der Waals surface area (Å²) in [5, 5.41) is 17.6. The molecule has 0 bridgehead atoms. The number of hydrogen-bond donors (Lipinski definition) is 2. The van der Waals surface area contributed by atoms with Crippen LogP contribution in [0.2, 0.25) is 0 Å². The lowest BCUT2D eigenvalue weighted by atomic mass is 9.70. The molecule has 82 heavy (non-hydrogen) atoms. The van der Waals surface area contributed by atoms with E-state index in [2.05, 4.69) is 86.6 Å². The molecule has 12 nitrogen and oxygen atoms in total. The summed E-state index contributed by atoms with van der Waals surface area (Å²) in [4.78, 5) is 96.9. The highest BCUT2D eigenvalue weighted by atomic mass is 16.4. The minimum absolute atomic E-state index is 0.0889. The molecule has 0 atom stereocenters. The summed E-state index contributed by atoms with van der Waals surface area (Å²) in [7, 11) is 0. The Labute approximate surface area is 473 Å². The van der Waals surface area contributed by atoms with Crippen LogP contribution in [0.4, 0.5) is 11.4 Å². The number of hydrogen-bond acceptors (Lipinski definition) is 8. The number of amides is 4. The average Bonchev–Trinajstić information content (AvgIpc) is 4.14. The van der Waals surface area contributed by atoms with E-state index in [-0.39, 0.29) is 48.0 Å². The highest BCUT2D eigenvalue weighted by molar-refractivity contribution is 6.28. The maximum atomic E-state index is 12.2. The van der Waals surface area contributed by atoms with Crippen LogP contribution in [-0.4, -0.2) is 57.3 Å². The Balaban J connectivity index is 0.000000198. The maximum absolute atomic E-state index is 12.2. The zero-order chi connectivity index (χ0) is 58.0. The third-order valence-corrected chi connectivity index (χ3v) is 14.8. The molecule has 2 aliphatic heterocycles. The van der Waals surface area contributed by atoms with Crippen molar-refractivity contribution in [2.45, 2.75) is 37.5 Å². The van der Waals surface area contributed by atoms with Crippen LogP contribution in [0, 0.1) is 0 Å². The van der Waals surface area contributed by atoms with E-state index in [4.69, 9.17) is 10.2 Å². The summed E-state index contributed by atoms with van der Waals surface area (Å²) < 4.78 is 0. The second-order valence-corrected chi connectivity index (χ2v) is 19.9. The van der Waals surface area contributed by atoms with E-state index in [1.165, 1.54) is 24.3 Å². The fourth-order valence-electron chi connectivity index (χ4n) is 10.2. The van der Waals surface area contributed by atoms with E-state index in [0.717, 1.165) is 101 Å². The van der Waals surface area contributed by atoms with Crippen molar-refractivity contribution in [3.8, 4) is 22.3 Å². The molecule has 0 saturated carbocycles. The van der Waals surface area contributed by atoms with Crippen LogP contribution in [0.5, 0.6) is 0 Å². The Morgan fingerprint density at radius 2 is 0.585 bits per heavy atom. The average molecular weight is 1080 g/mol. The number of imide groups is 2. The fraction of sp³-hybridized carbons (Fsp3) is 0.0857. The van der Waals surface area contributed by atoms with Gasteiger partial charge in [0.1, 0.15) is 0 Å². The number of carbonyl (C=O) groups is 8. The first-order valence-corrected chi connectivity index (χ1v) is 26.2. The highest BCUT2D eigenvalue weighted by Gasteiger charge is 2.34. The number of carbonyl (C=O) groups excluding carboxylic acids is 6. The minimum atomic E-state index is -1.17. The molecule has 8 aromatic carbocycles. The molecule has 0 saturated heterocycles. The molecule has 2 N–H and O–H groups in total. The van der Waals surface area contributed by atoms with Gasteiger partial charge in [-0.25, -0.2) is 19.4 Å². The van der Waals surface area contributed by atoms with Crippen LogP contribution >= 0.6 is 0 Å². The molecule has 8 aromatic rings. The highest BCUT2D eigenvalue weighted by Crippen LogP contribution is 2.42. The zero-order valence-corrected chi connectivity index (χ0v) is 44.7. The SMILES string of the molecule is CC(c1ccc(-c2ccccc2)cc1)(c1ccc(N2C(=O)C=CC2=O)cc1)c1ccc(N2C(=O)C=CC2=O)cc1.CC(c1ccc(CC(=O)/C=C/C(=O)O)cc1)(c1ccc(CC(=O)/C=C/C(=O)O)cc1)c1ccc(-c2ccccc2)cc1. The number of benzene rings is 8. The Morgan fingerprint density at radius 3 is 0.854 bits per heavy atom. The molecule has 10 rings (SSSR count). The predicted molar refractivity (Wildman–Crippen MR) is 315 cm³/mol. The number of nitrogens with zero attached hydrogens (tertiary/aromatic N) is 2. The van der Waals surface area contributed by atoms with Gasteiger partial charge in [-0.1, -0.05) is 182 Å². The molecule has 12 heteroatoms. The van der Waals surface area contributed by atoms with E-state index in [1.807, 2.05) is 109 Å². The van der Waals surface area contributed by atoms with Crippen molar-refractivity contribution in [3.05, 3.63) is 299 Å². The first-order chi connectivity index (χ1) is 39.5. The van der Waals surface area contributed by atoms with E-state index >= 15 is 0 Å². The summed E-state index contributed by atoms with van der Waals surface area (Å²) in [5.74, 6) is -4.40. The number of ketones is 2. The van der Waals surface area contributed by atoms with Crippen LogP contribution in [0.15, 0.2) is 255 Å². The molecule has 2 aliphatic rings. The lowest BCUT2D eigenvalue weighted by Crippen LogP contribution is -2.30. The third-order valence-electron chi connectivity index (χ3n) is 14.8. The Kier molecular flexibility index (Phi) is 16.8. The summed E-state index contributed by atoms with van der Waals surface area (Å²) in [5.41, 5.74) is 11.6. The summed E-state index contributed by atoms with van der Waals surface area (Å²) in [6, 6.07) is 67.2. The summed E-state index contributed by atoms with van der Waals surface area (Å²) >= 11 is 0. The van der Waals surface area contributed by atoms with Gasteiger partial charge < -0.3 is 10.2 Å². The van der Waals surface area contributed by atoms with Gasteiger partial charge in [0.15, 0.2) is 11.6 Å². The standard InChI is InChI=1S/C36H30O6.C34H24N2O4/c1-36(31-17-11-28(12-18-31)27-5-3-2-4-6-27,29-13-7-25(8-14-29)23-32(37)19-21-34(39)40)30-15-9-26(10-16-30)24-33(38)20-22-35(41)42;1-34(25-9-7-24(8-10-25)23-5-3-2-4-6-23,26-11-15-28(16-12-26)35-30(37)19-20-31(35)38)27-13-17-29(18-14-27)36-32(39)21-22-33(36)40/h2-22H,23-24H2,1H3,(H,39,40)(H,41,42);2-22H,1H3/b21-19+,22-20+;. The number of aliphatic carboxylic acids is 2. The fourth-order valence-corrected chi connectivity index (χ4v) is 10.2. The van der Waals surface area contributed by atoms with Crippen molar-refractivity contribution >= 4 is 58.5 Å². The smallest absolute Gasteiger partial charge is 0.328 e. The monoisotopic (exact) mass is 1080 g/mol. The number of carboxylic acids is 2. The first-order valence-electron chi connectivity index (χ1n) is 26.2. The van der Waals surface area contributed by atoms with Gasteiger partial charge in [0, 0.05) is 60.1 Å². The van der Waals surface area contributed by atoms with Crippen molar-refractivity contribution in [3.63, 3.8) is 0 Å². The summed E-state index contributed by atoms with van der Waals surface area (Å²) in [6.07, 6.45) is 9.06. The van der Waals surface area contributed by atoms with Crippen molar-refractivity contribution in [1.29, 1.82) is 0 Å². The van der Waals surface area contributed by atoms with Gasteiger partial charge in [0.05, 0.1) is 11.4 Å². The molecule has 0 aromatic heterocycles. The molecule has 0 aliphatic carbocycles. The van der Waals surface area contributed by atoms with Crippen LogP contribution in [0.1, 0.15) is 58.4 Å². The van der Waals surface area contributed by atoms with Gasteiger partial charge in [0.25, 0.3) is 23.6 Å². The molecule has 2 heterocycles. The first kappa shape index (κ1) is 56.0. The largest absolute Gasteiger partial charge is 0.478 e. The molecule has 0 fully saturated rings. The number of anilines is 2. The Morgan fingerprint density at radius 1 is 0.341 bits per heavy atom. The Hall–Kier alpha value is -10.7. The second-order valence-electron chi connectivity index (χ2n) is 19.9. The molecule has 0 radical (unpaired) electrons. The van der Waals surface area contributed by atoms with Gasteiger partial charge in [-0.2, -0.15) is 0 Å². The lowest BCUT2D eigenvalue weighted by molar-refractivity contribution is -0.132. The van der Waals surface area contributed by atoms with E-state index in [9.17, 15) is 38.4 Å². The molecule has 0 unspecified atom stereocenters. The van der Waals surface area contributed by atoms with Crippen LogP contribution < -0.4 is 9.80 Å². The van der Waals surface area contributed by atoms with E-state index < -0.39 is 22.8 Å². The van der Waals surface area contributed by atoms with Gasteiger partial charge in [-0.3, -0.25) is 28.8 Å². The Bertz CT molecular complexity index is 3640.